The van der Waals surface area contributed by atoms with Crippen molar-refractivity contribution in [3.63, 3.8) is 0 Å². The molecule has 0 spiro atoms. The number of aliphatic hydroxyl groups is 1. The van der Waals surface area contributed by atoms with Crippen LogP contribution in [0.5, 0.6) is 0 Å². The molecule has 1 aromatic carbocycles. The molecule has 7 heteroatoms. The van der Waals surface area contributed by atoms with Gasteiger partial charge in [0, 0.05) is 24.7 Å². The lowest BCUT2D eigenvalue weighted by Crippen LogP contribution is -2.52. The maximum atomic E-state index is 13.1. The zero-order valence-corrected chi connectivity index (χ0v) is 18.6. The van der Waals surface area contributed by atoms with Gasteiger partial charge in [-0.25, -0.2) is 8.42 Å². The zero-order chi connectivity index (χ0) is 21.2. The van der Waals surface area contributed by atoms with Gasteiger partial charge in [-0.05, 0) is 67.1 Å². The predicted molar refractivity (Wildman–Crippen MR) is 111 cm³/mol. The number of fused-ring (bicyclic) bond motifs is 2. The van der Waals surface area contributed by atoms with Gasteiger partial charge in [-0.3, -0.25) is 4.79 Å². The Balaban J connectivity index is 1.60. The molecule has 0 aromatic heterocycles. The van der Waals surface area contributed by atoms with E-state index in [9.17, 15) is 18.3 Å². The normalized spacial score (nSPS) is 33.9. The van der Waals surface area contributed by atoms with Crippen molar-refractivity contribution in [2.75, 3.05) is 13.1 Å². The molecule has 4 atom stereocenters. The second kappa shape index (κ2) is 6.79. The summed E-state index contributed by atoms with van der Waals surface area (Å²) in [5.74, 6) is 0.406. The lowest BCUT2D eigenvalue weighted by molar-refractivity contribution is 0.0737. The van der Waals surface area contributed by atoms with Crippen LogP contribution in [0.25, 0.3) is 0 Å². The Morgan fingerprint density at radius 2 is 1.97 bits per heavy atom. The summed E-state index contributed by atoms with van der Waals surface area (Å²) in [5, 5.41) is 13.0. The van der Waals surface area contributed by atoms with E-state index in [-0.39, 0.29) is 34.2 Å². The molecule has 2 N–H and O–H groups in total. The van der Waals surface area contributed by atoms with Crippen LogP contribution in [-0.2, 0) is 10.0 Å². The van der Waals surface area contributed by atoms with E-state index in [0.717, 1.165) is 12.8 Å². The number of rotatable bonds is 4. The van der Waals surface area contributed by atoms with Crippen LogP contribution in [0.15, 0.2) is 23.1 Å². The highest BCUT2D eigenvalue weighted by Crippen LogP contribution is 2.62. The van der Waals surface area contributed by atoms with Crippen LogP contribution in [0.2, 0.25) is 0 Å². The number of hydrogen-bond acceptors (Lipinski definition) is 4. The molecule has 2 aliphatic carbocycles. The van der Waals surface area contributed by atoms with E-state index >= 15 is 0 Å². The number of carbonyl (C=O) groups excluding carboxylic acids is 1. The van der Waals surface area contributed by atoms with Gasteiger partial charge in [-0.1, -0.05) is 26.8 Å². The average Bonchev–Trinajstić information content (AvgIpc) is 3.30. The summed E-state index contributed by atoms with van der Waals surface area (Å²) in [6.45, 7) is 8.87. The van der Waals surface area contributed by atoms with Crippen LogP contribution in [0.3, 0.4) is 0 Å². The molecule has 2 bridgehead atoms. The van der Waals surface area contributed by atoms with Crippen molar-refractivity contribution in [2.45, 2.75) is 70.4 Å². The number of amides is 1. The van der Waals surface area contributed by atoms with Crippen molar-refractivity contribution in [3.05, 3.63) is 29.3 Å². The fraction of sp³-hybridized carbons (Fsp3) is 0.682. The van der Waals surface area contributed by atoms with Gasteiger partial charge >= 0.3 is 0 Å². The molecule has 1 unspecified atom stereocenters. The molecular weight excluding hydrogens is 388 g/mol. The Kier molecular flexibility index (Phi) is 4.87. The first-order valence-electron chi connectivity index (χ1n) is 10.5. The zero-order valence-electron chi connectivity index (χ0n) is 17.7. The van der Waals surface area contributed by atoms with E-state index in [1.165, 1.54) is 16.8 Å². The van der Waals surface area contributed by atoms with Crippen LogP contribution in [0.1, 0.15) is 62.4 Å². The number of sulfonamides is 1. The Labute approximate surface area is 173 Å². The van der Waals surface area contributed by atoms with Gasteiger partial charge in [0.15, 0.2) is 0 Å². The maximum Gasteiger partial charge on any atom is 0.251 e. The van der Waals surface area contributed by atoms with E-state index in [4.69, 9.17) is 0 Å². The van der Waals surface area contributed by atoms with Gasteiger partial charge in [0.1, 0.15) is 0 Å². The number of benzene rings is 1. The smallest absolute Gasteiger partial charge is 0.251 e. The number of aryl methyl sites for hydroxylation is 1. The quantitative estimate of drug-likeness (QED) is 0.784. The molecule has 1 heterocycles. The fourth-order valence-corrected chi connectivity index (χ4v) is 7.71. The summed E-state index contributed by atoms with van der Waals surface area (Å²) in [4.78, 5) is 13.3. The molecule has 160 valence electrons. The molecule has 3 fully saturated rings. The second-order valence-corrected chi connectivity index (χ2v) is 12.0. The molecule has 2 saturated carbocycles. The standard InChI is InChI=1S/C22H32N2O4S/c1-14-5-6-15(11-18(14)29(27,28)24-10-8-17(25)13-24)19(26)23-20-21(2,3)16-7-9-22(20,4)12-16/h5-6,11,16-17,20,25H,7-10,12-13H2,1-4H3,(H,23,26)/t16-,17-,20?,22+/m1/s1. The van der Waals surface area contributed by atoms with Crippen molar-refractivity contribution in [3.8, 4) is 0 Å². The summed E-state index contributed by atoms with van der Waals surface area (Å²) in [6, 6.07) is 4.97. The minimum Gasteiger partial charge on any atom is -0.392 e. The van der Waals surface area contributed by atoms with Gasteiger partial charge in [-0.15, -0.1) is 0 Å². The third-order valence-electron chi connectivity index (χ3n) is 7.74. The molecule has 3 aliphatic rings. The van der Waals surface area contributed by atoms with Crippen LogP contribution < -0.4 is 5.32 Å². The molecule has 1 saturated heterocycles. The van der Waals surface area contributed by atoms with E-state index in [2.05, 4.69) is 26.1 Å². The number of nitrogens with one attached hydrogen (secondary N) is 1. The first kappa shape index (κ1) is 20.8. The molecule has 4 rings (SSSR count). The van der Waals surface area contributed by atoms with E-state index in [1.54, 1.807) is 19.1 Å². The molecule has 29 heavy (non-hydrogen) atoms. The van der Waals surface area contributed by atoms with Crippen molar-refractivity contribution >= 4 is 15.9 Å². The molecule has 0 radical (unpaired) electrons. The topological polar surface area (TPSA) is 86.7 Å². The van der Waals surface area contributed by atoms with Gasteiger partial charge < -0.3 is 10.4 Å². The summed E-state index contributed by atoms with van der Waals surface area (Å²) in [6.07, 6.45) is 3.28. The van der Waals surface area contributed by atoms with Crippen molar-refractivity contribution in [1.29, 1.82) is 0 Å². The Bertz CT molecular complexity index is 937. The lowest BCUT2D eigenvalue weighted by Gasteiger charge is -2.43. The van der Waals surface area contributed by atoms with Gasteiger partial charge in [0.25, 0.3) is 5.91 Å². The van der Waals surface area contributed by atoms with Crippen LogP contribution in [0.4, 0.5) is 0 Å². The maximum absolute atomic E-state index is 13.1. The number of carbonyl (C=O) groups is 1. The summed E-state index contributed by atoms with van der Waals surface area (Å²) < 4.78 is 27.4. The largest absolute Gasteiger partial charge is 0.392 e. The first-order valence-corrected chi connectivity index (χ1v) is 12.0. The summed E-state index contributed by atoms with van der Waals surface area (Å²) >= 11 is 0. The third kappa shape index (κ3) is 3.31. The van der Waals surface area contributed by atoms with E-state index in [1.807, 2.05) is 0 Å². The molecular formula is C22H32N2O4S. The number of β-amino-alcohol motifs (C(OH)–C–C–N with tert-alkyl or cyclic N) is 1. The second-order valence-electron chi connectivity index (χ2n) is 10.1. The monoisotopic (exact) mass is 420 g/mol. The molecule has 1 amide bonds. The highest BCUT2D eigenvalue weighted by atomic mass is 32.2. The highest BCUT2D eigenvalue weighted by Gasteiger charge is 2.59. The lowest BCUT2D eigenvalue weighted by atomic mass is 9.68. The van der Waals surface area contributed by atoms with Crippen LogP contribution >= 0.6 is 0 Å². The van der Waals surface area contributed by atoms with Crippen LogP contribution in [0, 0.1) is 23.7 Å². The number of hydrogen-bond donors (Lipinski definition) is 2. The first-order chi connectivity index (χ1) is 13.4. The predicted octanol–water partition coefficient (Wildman–Crippen LogP) is 2.69. The van der Waals surface area contributed by atoms with E-state index in [0.29, 0.717) is 30.0 Å². The SMILES string of the molecule is Cc1ccc(C(=O)NC2C(C)(C)[C@@H]3CC[C@@]2(C)C3)cc1S(=O)(=O)N1CC[C@@H](O)C1. The van der Waals surface area contributed by atoms with Crippen molar-refractivity contribution in [1.82, 2.24) is 9.62 Å². The summed E-state index contributed by atoms with van der Waals surface area (Å²) in [7, 11) is -3.74. The summed E-state index contributed by atoms with van der Waals surface area (Å²) in [5.41, 5.74) is 1.12. The van der Waals surface area contributed by atoms with E-state index < -0.39 is 16.1 Å². The van der Waals surface area contributed by atoms with Crippen molar-refractivity contribution < 1.29 is 18.3 Å². The minimum absolute atomic E-state index is 0.0357. The Hall–Kier alpha value is -1.44. The van der Waals surface area contributed by atoms with Crippen LogP contribution in [-0.4, -0.2) is 49.0 Å². The Morgan fingerprint density at radius 3 is 2.55 bits per heavy atom. The minimum atomic E-state index is -3.74. The molecule has 6 nitrogen and oxygen atoms in total. The molecule has 1 aliphatic heterocycles. The Morgan fingerprint density at radius 1 is 1.24 bits per heavy atom. The fourth-order valence-electron chi connectivity index (χ4n) is 5.96. The number of aliphatic hydroxyl groups excluding tert-OH is 1. The number of nitrogens with zero attached hydrogens (tertiary/aromatic N) is 1. The third-order valence-corrected chi connectivity index (χ3v) is 9.75. The molecule has 1 aromatic rings. The van der Waals surface area contributed by atoms with Gasteiger partial charge in [-0.2, -0.15) is 4.31 Å². The van der Waals surface area contributed by atoms with Gasteiger partial charge in [0.05, 0.1) is 11.0 Å². The van der Waals surface area contributed by atoms with Gasteiger partial charge in [0.2, 0.25) is 10.0 Å². The van der Waals surface area contributed by atoms with Crippen molar-refractivity contribution in [2.24, 2.45) is 16.7 Å². The highest BCUT2D eigenvalue weighted by molar-refractivity contribution is 7.89. The average molecular weight is 421 g/mol.